The van der Waals surface area contributed by atoms with Crippen molar-refractivity contribution in [2.45, 2.75) is 84.2 Å². The van der Waals surface area contributed by atoms with E-state index in [0.717, 1.165) is 12.0 Å². The highest BCUT2D eigenvalue weighted by Gasteiger charge is 2.37. The molecule has 1 heterocycles. The maximum absolute atomic E-state index is 6.57. The van der Waals surface area contributed by atoms with Crippen molar-refractivity contribution < 1.29 is 0 Å². The number of nitrogens with zero attached hydrogens (tertiary/aromatic N) is 1. The van der Waals surface area contributed by atoms with Gasteiger partial charge in [-0.05, 0) is 50.0 Å². The van der Waals surface area contributed by atoms with Crippen molar-refractivity contribution in [2.75, 3.05) is 13.1 Å². The van der Waals surface area contributed by atoms with Gasteiger partial charge in [0.2, 0.25) is 0 Å². The van der Waals surface area contributed by atoms with E-state index in [1.165, 1.54) is 64.5 Å². The Morgan fingerprint density at radius 3 is 2.68 bits per heavy atom. The van der Waals surface area contributed by atoms with E-state index in [-0.39, 0.29) is 0 Å². The smallest absolute Gasteiger partial charge is 0.0131 e. The molecular formula is C17H34N2. The summed E-state index contributed by atoms with van der Waals surface area (Å²) >= 11 is 0. The predicted octanol–water partition coefficient (Wildman–Crippen LogP) is 3.79. The van der Waals surface area contributed by atoms with E-state index in [9.17, 15) is 0 Å². The Balaban J connectivity index is 1.94. The van der Waals surface area contributed by atoms with Crippen LogP contribution >= 0.6 is 0 Å². The van der Waals surface area contributed by atoms with Gasteiger partial charge in [-0.2, -0.15) is 0 Å². The SMILES string of the molecule is CCCC1CCCCN1CC1CCCC(C)(C)C1N. The lowest BCUT2D eigenvalue weighted by atomic mass is 9.68. The van der Waals surface area contributed by atoms with Crippen molar-refractivity contribution in [1.29, 1.82) is 0 Å². The van der Waals surface area contributed by atoms with E-state index in [4.69, 9.17) is 5.73 Å². The molecule has 19 heavy (non-hydrogen) atoms. The maximum Gasteiger partial charge on any atom is 0.0131 e. The normalized spacial score (nSPS) is 36.3. The molecule has 2 aliphatic rings. The Bertz CT molecular complexity index is 272. The number of likely N-dealkylation sites (tertiary alicyclic amines) is 1. The molecule has 1 aliphatic carbocycles. The van der Waals surface area contributed by atoms with Gasteiger partial charge in [-0.15, -0.1) is 0 Å². The summed E-state index contributed by atoms with van der Waals surface area (Å²) in [6.07, 6.45) is 11.0. The number of nitrogens with two attached hydrogens (primary N) is 1. The number of hydrogen-bond donors (Lipinski definition) is 1. The highest BCUT2D eigenvalue weighted by Crippen LogP contribution is 2.38. The second-order valence-corrected chi connectivity index (χ2v) is 7.60. The minimum atomic E-state index is 0.346. The van der Waals surface area contributed by atoms with Gasteiger partial charge in [0.25, 0.3) is 0 Å². The molecule has 2 rings (SSSR count). The Morgan fingerprint density at radius 1 is 1.16 bits per heavy atom. The number of hydrogen-bond acceptors (Lipinski definition) is 2. The monoisotopic (exact) mass is 266 g/mol. The van der Waals surface area contributed by atoms with E-state index < -0.39 is 0 Å². The van der Waals surface area contributed by atoms with E-state index >= 15 is 0 Å². The molecule has 3 unspecified atom stereocenters. The topological polar surface area (TPSA) is 29.3 Å². The first-order chi connectivity index (χ1) is 9.04. The largest absolute Gasteiger partial charge is 0.327 e. The van der Waals surface area contributed by atoms with Crippen molar-refractivity contribution in [2.24, 2.45) is 17.1 Å². The molecule has 2 heteroatoms. The minimum absolute atomic E-state index is 0.346. The van der Waals surface area contributed by atoms with Crippen molar-refractivity contribution in [3.8, 4) is 0 Å². The van der Waals surface area contributed by atoms with Gasteiger partial charge in [-0.25, -0.2) is 0 Å². The third-order valence-corrected chi connectivity index (χ3v) is 5.65. The molecule has 2 fully saturated rings. The molecule has 0 bridgehead atoms. The Morgan fingerprint density at radius 2 is 1.95 bits per heavy atom. The third-order valence-electron chi connectivity index (χ3n) is 5.65. The van der Waals surface area contributed by atoms with Crippen LogP contribution in [0.3, 0.4) is 0 Å². The van der Waals surface area contributed by atoms with Gasteiger partial charge >= 0.3 is 0 Å². The van der Waals surface area contributed by atoms with Crippen molar-refractivity contribution in [3.05, 3.63) is 0 Å². The minimum Gasteiger partial charge on any atom is -0.327 e. The van der Waals surface area contributed by atoms with Crippen LogP contribution in [0.5, 0.6) is 0 Å². The van der Waals surface area contributed by atoms with Gasteiger partial charge in [0.15, 0.2) is 0 Å². The number of piperidine rings is 1. The van der Waals surface area contributed by atoms with Crippen LogP contribution < -0.4 is 5.73 Å². The van der Waals surface area contributed by atoms with Gasteiger partial charge in [-0.1, -0.05) is 40.0 Å². The van der Waals surface area contributed by atoms with Crippen LogP contribution in [-0.2, 0) is 0 Å². The summed E-state index contributed by atoms with van der Waals surface area (Å²) in [5.74, 6) is 0.723. The quantitative estimate of drug-likeness (QED) is 0.838. The Kier molecular flexibility index (Phi) is 5.30. The summed E-state index contributed by atoms with van der Waals surface area (Å²) in [6.45, 7) is 9.62. The van der Waals surface area contributed by atoms with Crippen LogP contribution in [0.4, 0.5) is 0 Å². The molecule has 112 valence electrons. The van der Waals surface area contributed by atoms with Crippen LogP contribution in [0.15, 0.2) is 0 Å². The molecule has 2 N–H and O–H groups in total. The van der Waals surface area contributed by atoms with Crippen molar-refractivity contribution in [1.82, 2.24) is 4.90 Å². The van der Waals surface area contributed by atoms with Crippen molar-refractivity contribution in [3.63, 3.8) is 0 Å². The van der Waals surface area contributed by atoms with Gasteiger partial charge in [0.1, 0.15) is 0 Å². The molecule has 0 aromatic carbocycles. The first-order valence-corrected chi connectivity index (χ1v) is 8.54. The summed E-state index contributed by atoms with van der Waals surface area (Å²) in [4.78, 5) is 2.78. The summed E-state index contributed by atoms with van der Waals surface area (Å²) < 4.78 is 0. The standard InChI is InChI=1S/C17H34N2/c1-4-8-15-10-5-6-12-19(15)13-14-9-7-11-17(2,3)16(14)18/h14-16H,4-13,18H2,1-3H3. The summed E-state index contributed by atoms with van der Waals surface area (Å²) in [6, 6.07) is 1.24. The summed E-state index contributed by atoms with van der Waals surface area (Å²) in [5.41, 5.74) is 6.91. The van der Waals surface area contributed by atoms with Crippen molar-refractivity contribution >= 4 is 0 Å². The maximum atomic E-state index is 6.57. The molecule has 3 atom stereocenters. The van der Waals surface area contributed by atoms with Crippen LogP contribution in [-0.4, -0.2) is 30.1 Å². The summed E-state index contributed by atoms with van der Waals surface area (Å²) in [7, 11) is 0. The van der Waals surface area contributed by atoms with Crippen LogP contribution in [0.1, 0.15) is 72.1 Å². The van der Waals surface area contributed by atoms with Gasteiger partial charge < -0.3 is 10.6 Å². The highest BCUT2D eigenvalue weighted by atomic mass is 15.2. The number of rotatable bonds is 4. The zero-order valence-corrected chi connectivity index (χ0v) is 13.3. The predicted molar refractivity (Wildman–Crippen MR) is 83.2 cm³/mol. The first kappa shape index (κ1) is 15.3. The molecule has 0 aromatic heterocycles. The average Bonchev–Trinajstić information content (AvgIpc) is 2.37. The lowest BCUT2D eigenvalue weighted by molar-refractivity contribution is 0.0645. The van der Waals surface area contributed by atoms with E-state index in [2.05, 4.69) is 25.7 Å². The zero-order chi connectivity index (χ0) is 13.9. The van der Waals surface area contributed by atoms with Gasteiger partial charge in [0.05, 0.1) is 0 Å². The highest BCUT2D eigenvalue weighted by molar-refractivity contribution is 4.93. The summed E-state index contributed by atoms with van der Waals surface area (Å²) in [5, 5.41) is 0. The van der Waals surface area contributed by atoms with Crippen LogP contribution in [0, 0.1) is 11.3 Å². The average molecular weight is 266 g/mol. The molecule has 1 aliphatic heterocycles. The van der Waals surface area contributed by atoms with E-state index in [1.807, 2.05) is 0 Å². The Hall–Kier alpha value is -0.0800. The second-order valence-electron chi connectivity index (χ2n) is 7.60. The molecule has 0 aromatic rings. The molecule has 0 amide bonds. The third kappa shape index (κ3) is 3.72. The van der Waals surface area contributed by atoms with E-state index in [1.54, 1.807) is 0 Å². The molecule has 2 nitrogen and oxygen atoms in total. The lowest BCUT2D eigenvalue weighted by Crippen LogP contribution is -2.52. The lowest BCUT2D eigenvalue weighted by Gasteiger charge is -2.46. The zero-order valence-electron chi connectivity index (χ0n) is 13.3. The second kappa shape index (κ2) is 6.58. The van der Waals surface area contributed by atoms with Crippen LogP contribution in [0.2, 0.25) is 0 Å². The molecule has 0 radical (unpaired) electrons. The molecule has 1 saturated carbocycles. The van der Waals surface area contributed by atoms with Gasteiger partial charge in [0, 0.05) is 18.6 Å². The van der Waals surface area contributed by atoms with Crippen LogP contribution in [0.25, 0.3) is 0 Å². The van der Waals surface area contributed by atoms with E-state index in [0.29, 0.717) is 11.5 Å². The fourth-order valence-electron chi connectivity index (χ4n) is 4.27. The fourth-order valence-corrected chi connectivity index (χ4v) is 4.27. The van der Waals surface area contributed by atoms with Gasteiger partial charge in [-0.3, -0.25) is 0 Å². The first-order valence-electron chi connectivity index (χ1n) is 8.54. The molecular weight excluding hydrogens is 232 g/mol. The molecule has 1 saturated heterocycles. The molecule has 0 spiro atoms. The Labute approximate surface area is 120 Å². The fraction of sp³-hybridized carbons (Fsp3) is 1.00.